The van der Waals surface area contributed by atoms with Crippen LogP contribution in [0.4, 0.5) is 0 Å². The number of nitrogens with zero attached hydrogens (tertiary/aromatic N) is 1. The van der Waals surface area contributed by atoms with Crippen molar-refractivity contribution in [2.75, 3.05) is 13.2 Å². The van der Waals surface area contributed by atoms with Gasteiger partial charge in [-0.25, -0.2) is 0 Å². The summed E-state index contributed by atoms with van der Waals surface area (Å²) in [6.07, 6.45) is 0. The lowest BCUT2D eigenvalue weighted by molar-refractivity contribution is -0.124. The van der Waals surface area contributed by atoms with E-state index in [1.165, 1.54) is 0 Å². The molecule has 0 unspecified atom stereocenters. The molecule has 0 saturated heterocycles. The zero-order chi connectivity index (χ0) is 23.4. The first kappa shape index (κ1) is 23.1. The van der Waals surface area contributed by atoms with Gasteiger partial charge in [0, 0.05) is 29.1 Å². The minimum absolute atomic E-state index is 0.0107. The first-order valence-electron chi connectivity index (χ1n) is 11.4. The molecule has 33 heavy (non-hydrogen) atoms. The second kappa shape index (κ2) is 10.2. The molecule has 2 atom stereocenters. The molecule has 1 aliphatic heterocycles. The molecule has 3 aromatic rings. The summed E-state index contributed by atoms with van der Waals surface area (Å²) in [4.78, 5) is 30.2. The number of nitrogens with one attached hydrogen (secondary N) is 1. The Kier molecular flexibility index (Phi) is 7.14. The second-order valence-corrected chi connectivity index (χ2v) is 9.61. The summed E-state index contributed by atoms with van der Waals surface area (Å²) in [6, 6.07) is 18.9. The second-order valence-electron chi connectivity index (χ2n) is 8.64. The molecule has 0 saturated carbocycles. The lowest BCUT2D eigenvalue weighted by Crippen LogP contribution is -2.48. The van der Waals surface area contributed by atoms with Crippen LogP contribution in [-0.2, 0) is 11.3 Å². The van der Waals surface area contributed by atoms with Crippen LogP contribution in [0.2, 0.25) is 0 Å². The summed E-state index contributed by atoms with van der Waals surface area (Å²) in [6.45, 7) is 7.65. The van der Waals surface area contributed by atoms with Crippen LogP contribution in [0.25, 0.3) is 0 Å². The summed E-state index contributed by atoms with van der Waals surface area (Å²) < 4.78 is 5.72. The van der Waals surface area contributed by atoms with Gasteiger partial charge in [0.25, 0.3) is 5.91 Å². The lowest BCUT2D eigenvalue weighted by atomic mass is 9.81. The smallest absolute Gasteiger partial charge is 0.254 e. The summed E-state index contributed by atoms with van der Waals surface area (Å²) in [5.41, 5.74) is 2.33. The van der Waals surface area contributed by atoms with Crippen molar-refractivity contribution in [3.05, 3.63) is 87.6 Å². The van der Waals surface area contributed by atoms with Gasteiger partial charge in [0.05, 0.1) is 18.6 Å². The van der Waals surface area contributed by atoms with Gasteiger partial charge in [-0.15, -0.1) is 11.3 Å². The van der Waals surface area contributed by atoms with Crippen LogP contribution in [0.3, 0.4) is 0 Å². The highest BCUT2D eigenvalue weighted by molar-refractivity contribution is 7.10. The maximum atomic E-state index is 13.8. The van der Waals surface area contributed by atoms with Gasteiger partial charge >= 0.3 is 0 Å². The van der Waals surface area contributed by atoms with E-state index in [9.17, 15) is 9.59 Å². The summed E-state index contributed by atoms with van der Waals surface area (Å²) in [5, 5.41) is 5.14. The largest absolute Gasteiger partial charge is 0.494 e. The molecule has 1 N–H and O–H groups in total. The number of fused-ring (bicyclic) bond motifs is 1. The van der Waals surface area contributed by atoms with Gasteiger partial charge < -0.3 is 15.0 Å². The van der Waals surface area contributed by atoms with Crippen molar-refractivity contribution in [1.82, 2.24) is 10.2 Å². The van der Waals surface area contributed by atoms with Crippen LogP contribution in [-0.4, -0.2) is 29.9 Å². The van der Waals surface area contributed by atoms with Crippen molar-refractivity contribution in [3.8, 4) is 5.75 Å². The average Bonchev–Trinajstić information content (AvgIpc) is 3.34. The van der Waals surface area contributed by atoms with E-state index < -0.39 is 5.92 Å². The van der Waals surface area contributed by atoms with E-state index in [2.05, 4.69) is 19.2 Å². The molecule has 0 fully saturated rings. The first-order valence-corrected chi connectivity index (χ1v) is 12.3. The number of rotatable bonds is 8. The highest BCUT2D eigenvalue weighted by Crippen LogP contribution is 2.44. The van der Waals surface area contributed by atoms with Gasteiger partial charge in [0.15, 0.2) is 0 Å². The van der Waals surface area contributed by atoms with Crippen molar-refractivity contribution < 1.29 is 14.3 Å². The quantitative estimate of drug-likeness (QED) is 0.488. The molecule has 2 amide bonds. The highest BCUT2D eigenvalue weighted by Gasteiger charge is 2.44. The third-order valence-electron chi connectivity index (χ3n) is 5.84. The predicted octanol–water partition coefficient (Wildman–Crippen LogP) is 5.40. The maximum Gasteiger partial charge on any atom is 0.254 e. The molecule has 5 nitrogen and oxygen atoms in total. The molecular weight excluding hydrogens is 432 g/mol. The minimum Gasteiger partial charge on any atom is -0.494 e. The Hall–Kier alpha value is -3.12. The lowest BCUT2D eigenvalue weighted by Gasteiger charge is -2.42. The Morgan fingerprint density at radius 2 is 1.85 bits per heavy atom. The molecule has 1 aromatic heterocycles. The number of hydrogen-bond donors (Lipinski definition) is 1. The van der Waals surface area contributed by atoms with E-state index in [1.807, 2.05) is 77.9 Å². The first-order chi connectivity index (χ1) is 16.0. The van der Waals surface area contributed by atoms with Gasteiger partial charge in [0.2, 0.25) is 5.91 Å². The molecule has 0 spiro atoms. The fourth-order valence-corrected chi connectivity index (χ4v) is 5.36. The molecule has 4 rings (SSSR count). The maximum absolute atomic E-state index is 13.8. The topological polar surface area (TPSA) is 58.6 Å². The van der Waals surface area contributed by atoms with E-state index in [0.717, 1.165) is 21.8 Å². The molecule has 0 radical (unpaired) electrons. The summed E-state index contributed by atoms with van der Waals surface area (Å²) in [5.74, 6) is 0.464. The zero-order valence-electron chi connectivity index (χ0n) is 19.3. The van der Waals surface area contributed by atoms with Gasteiger partial charge in [-0.1, -0.05) is 56.3 Å². The van der Waals surface area contributed by atoms with Gasteiger partial charge in [-0.05, 0) is 42.0 Å². The van der Waals surface area contributed by atoms with Gasteiger partial charge in [0.1, 0.15) is 5.75 Å². The monoisotopic (exact) mass is 462 g/mol. The van der Waals surface area contributed by atoms with E-state index in [1.54, 1.807) is 11.3 Å². The molecule has 172 valence electrons. The minimum atomic E-state index is -0.490. The Bertz CT molecular complexity index is 1110. The van der Waals surface area contributed by atoms with Crippen LogP contribution in [0.15, 0.2) is 66.0 Å². The number of benzene rings is 2. The van der Waals surface area contributed by atoms with Gasteiger partial charge in [-0.3, -0.25) is 9.59 Å². The standard InChI is InChI=1S/C27H30N2O3S/c1-4-32-22-13-8-5-10-19(22)16-28-26(30)24-20-11-6-7-12-21(20)27(31)29(17-18(2)3)25(24)23-14-9-15-33-23/h5-15,18,24-25H,4,16-17H2,1-3H3,(H,28,30)/t24-,25-/m0/s1. The number of thiophene rings is 1. The number of carbonyl (C=O) groups is 2. The van der Waals surface area contributed by atoms with E-state index in [-0.39, 0.29) is 23.8 Å². The Labute approximate surface area is 199 Å². The van der Waals surface area contributed by atoms with Crippen LogP contribution in [0.1, 0.15) is 59.1 Å². The average molecular weight is 463 g/mol. The molecule has 0 aliphatic carbocycles. The molecule has 6 heteroatoms. The number of carbonyl (C=O) groups excluding carboxylic acids is 2. The van der Waals surface area contributed by atoms with E-state index in [0.29, 0.717) is 25.3 Å². The molecule has 1 aliphatic rings. The fourth-order valence-electron chi connectivity index (χ4n) is 4.48. The van der Waals surface area contributed by atoms with Crippen LogP contribution in [0, 0.1) is 5.92 Å². The molecular formula is C27H30N2O3S. The van der Waals surface area contributed by atoms with Crippen molar-refractivity contribution >= 4 is 23.2 Å². The third-order valence-corrected chi connectivity index (χ3v) is 6.79. The van der Waals surface area contributed by atoms with E-state index >= 15 is 0 Å². The molecule has 0 bridgehead atoms. The normalized spacial score (nSPS) is 17.7. The summed E-state index contributed by atoms with van der Waals surface area (Å²) in [7, 11) is 0. The van der Waals surface area contributed by atoms with Gasteiger partial charge in [-0.2, -0.15) is 0 Å². The van der Waals surface area contributed by atoms with Crippen molar-refractivity contribution in [3.63, 3.8) is 0 Å². The number of amides is 2. The number of ether oxygens (including phenoxy) is 1. The van der Waals surface area contributed by atoms with Crippen molar-refractivity contribution in [2.45, 2.75) is 39.3 Å². The fraction of sp³-hybridized carbons (Fsp3) is 0.333. The molecule has 2 aromatic carbocycles. The molecule has 2 heterocycles. The van der Waals surface area contributed by atoms with Crippen LogP contribution in [0.5, 0.6) is 5.75 Å². The zero-order valence-corrected chi connectivity index (χ0v) is 20.1. The SMILES string of the molecule is CCOc1ccccc1CNC(=O)[C@H]1c2ccccc2C(=O)N(CC(C)C)[C@H]1c1cccs1. The third kappa shape index (κ3) is 4.81. The number of hydrogen-bond acceptors (Lipinski definition) is 4. The van der Waals surface area contributed by atoms with Crippen molar-refractivity contribution in [1.29, 1.82) is 0 Å². The van der Waals surface area contributed by atoms with Crippen molar-refractivity contribution in [2.24, 2.45) is 5.92 Å². The Morgan fingerprint density at radius 1 is 1.09 bits per heavy atom. The van der Waals surface area contributed by atoms with E-state index in [4.69, 9.17) is 4.74 Å². The highest BCUT2D eigenvalue weighted by atomic mass is 32.1. The summed E-state index contributed by atoms with van der Waals surface area (Å²) >= 11 is 1.59. The van der Waals surface area contributed by atoms with Crippen LogP contribution < -0.4 is 10.1 Å². The Balaban J connectivity index is 1.71. The predicted molar refractivity (Wildman–Crippen MR) is 132 cm³/mol. The Morgan fingerprint density at radius 3 is 2.58 bits per heavy atom. The van der Waals surface area contributed by atoms with Crippen LogP contribution >= 0.6 is 11.3 Å². The number of para-hydroxylation sites is 1.